The first kappa shape index (κ1) is 14.5. The molecule has 0 aliphatic rings. The van der Waals surface area contributed by atoms with Gasteiger partial charge in [0.1, 0.15) is 6.61 Å². The summed E-state index contributed by atoms with van der Waals surface area (Å²) in [6, 6.07) is 12.2. The van der Waals surface area contributed by atoms with Crippen molar-refractivity contribution in [3.05, 3.63) is 48.0 Å². The average Bonchev–Trinajstić information content (AvgIpc) is 2.45. The molecule has 108 valence electrons. The third-order valence-corrected chi connectivity index (χ3v) is 2.70. The fourth-order valence-electron chi connectivity index (χ4n) is 1.65. The van der Waals surface area contributed by atoms with Crippen LogP contribution in [0.2, 0.25) is 0 Å². The van der Waals surface area contributed by atoms with Gasteiger partial charge in [-0.1, -0.05) is 0 Å². The van der Waals surface area contributed by atoms with E-state index in [-0.39, 0.29) is 12.6 Å². The summed E-state index contributed by atoms with van der Waals surface area (Å²) in [7, 11) is 0. The van der Waals surface area contributed by atoms with Crippen LogP contribution < -0.4 is 11.5 Å². The summed E-state index contributed by atoms with van der Waals surface area (Å²) >= 11 is 0. The highest BCUT2D eigenvalue weighted by Crippen LogP contribution is 2.25. The number of nitrogen functional groups attached to an aromatic ring is 2. The third kappa shape index (κ3) is 4.31. The Morgan fingerprint density at radius 2 is 1.71 bits per heavy atom. The van der Waals surface area contributed by atoms with E-state index in [1.165, 1.54) is 6.92 Å². The lowest BCUT2D eigenvalue weighted by atomic mass is 10.2. The molecule has 0 saturated carbocycles. The lowest BCUT2D eigenvalue weighted by Gasteiger charge is -2.06. The van der Waals surface area contributed by atoms with E-state index in [0.29, 0.717) is 28.3 Å². The number of benzene rings is 2. The van der Waals surface area contributed by atoms with Crippen LogP contribution in [0.3, 0.4) is 0 Å². The number of anilines is 2. The Morgan fingerprint density at radius 1 is 1.05 bits per heavy atom. The number of rotatable bonds is 4. The van der Waals surface area contributed by atoms with E-state index in [1.807, 2.05) is 0 Å². The van der Waals surface area contributed by atoms with Crippen LogP contribution in [0, 0.1) is 0 Å². The Hall–Kier alpha value is -2.89. The molecule has 4 N–H and O–H groups in total. The quantitative estimate of drug-likeness (QED) is 0.510. The Bertz CT molecular complexity index is 666. The van der Waals surface area contributed by atoms with Crippen LogP contribution in [0.5, 0.6) is 0 Å². The largest absolute Gasteiger partial charge is 0.461 e. The van der Waals surface area contributed by atoms with Gasteiger partial charge >= 0.3 is 5.97 Å². The van der Waals surface area contributed by atoms with E-state index in [4.69, 9.17) is 16.2 Å². The zero-order valence-electron chi connectivity index (χ0n) is 11.6. The lowest BCUT2D eigenvalue weighted by Crippen LogP contribution is -1.99. The normalized spacial score (nSPS) is 10.7. The van der Waals surface area contributed by atoms with E-state index in [9.17, 15) is 4.79 Å². The summed E-state index contributed by atoms with van der Waals surface area (Å²) in [5.41, 5.74) is 14.6. The molecule has 0 fully saturated rings. The minimum absolute atomic E-state index is 0.108. The maximum absolute atomic E-state index is 10.9. The van der Waals surface area contributed by atoms with Crippen LogP contribution in [0.15, 0.2) is 52.7 Å². The third-order valence-electron chi connectivity index (χ3n) is 2.70. The summed E-state index contributed by atoms with van der Waals surface area (Å²) < 4.78 is 4.98. The molecular formula is C15H16N4O2. The Balaban J connectivity index is 2.22. The molecule has 2 aromatic carbocycles. The smallest absolute Gasteiger partial charge is 0.302 e. The molecule has 0 unspecified atom stereocenters. The second-order valence-electron chi connectivity index (χ2n) is 4.46. The molecule has 0 amide bonds. The average molecular weight is 284 g/mol. The van der Waals surface area contributed by atoms with Gasteiger partial charge in [0.25, 0.3) is 0 Å². The van der Waals surface area contributed by atoms with Crippen molar-refractivity contribution in [3.63, 3.8) is 0 Å². The highest BCUT2D eigenvalue weighted by atomic mass is 16.5. The zero-order valence-corrected chi connectivity index (χ0v) is 11.6. The van der Waals surface area contributed by atoms with Crippen LogP contribution in [-0.4, -0.2) is 5.97 Å². The van der Waals surface area contributed by atoms with Gasteiger partial charge in [0.05, 0.1) is 11.4 Å². The van der Waals surface area contributed by atoms with Gasteiger partial charge in [0.2, 0.25) is 0 Å². The number of hydrogen-bond acceptors (Lipinski definition) is 6. The molecule has 0 atom stereocenters. The van der Waals surface area contributed by atoms with Gasteiger partial charge in [0, 0.05) is 23.9 Å². The molecule has 2 aromatic rings. The number of carbonyl (C=O) groups is 1. The van der Waals surface area contributed by atoms with Crippen molar-refractivity contribution in [1.82, 2.24) is 0 Å². The summed E-state index contributed by atoms with van der Waals surface area (Å²) in [4.78, 5) is 10.9. The number of nitrogens with two attached hydrogens (primary N) is 2. The molecule has 0 aliphatic carbocycles. The Kier molecular flexibility index (Phi) is 4.50. The van der Waals surface area contributed by atoms with Gasteiger partial charge in [-0.2, -0.15) is 10.2 Å². The van der Waals surface area contributed by atoms with Gasteiger partial charge < -0.3 is 16.2 Å². The number of esters is 1. The molecule has 0 radical (unpaired) electrons. The van der Waals surface area contributed by atoms with Crippen LogP contribution in [0.4, 0.5) is 22.7 Å². The summed E-state index contributed by atoms with van der Waals surface area (Å²) in [5, 5.41) is 8.29. The molecule has 21 heavy (non-hydrogen) atoms. The van der Waals surface area contributed by atoms with Crippen LogP contribution in [0.1, 0.15) is 12.5 Å². The highest BCUT2D eigenvalue weighted by molar-refractivity contribution is 5.66. The van der Waals surface area contributed by atoms with Gasteiger partial charge in [-0.15, -0.1) is 0 Å². The van der Waals surface area contributed by atoms with Crippen molar-refractivity contribution in [2.45, 2.75) is 13.5 Å². The summed E-state index contributed by atoms with van der Waals surface area (Å²) in [5.74, 6) is -0.362. The first-order valence-corrected chi connectivity index (χ1v) is 6.33. The maximum Gasteiger partial charge on any atom is 0.302 e. The number of carbonyl (C=O) groups excluding carboxylic acids is 1. The number of azo groups is 1. The van der Waals surface area contributed by atoms with Crippen LogP contribution >= 0.6 is 0 Å². The first-order valence-electron chi connectivity index (χ1n) is 6.33. The second kappa shape index (κ2) is 6.51. The van der Waals surface area contributed by atoms with Gasteiger partial charge in [-0.3, -0.25) is 4.79 Å². The molecule has 6 heteroatoms. The van der Waals surface area contributed by atoms with Gasteiger partial charge in [-0.05, 0) is 42.5 Å². The van der Waals surface area contributed by atoms with E-state index in [0.717, 1.165) is 0 Å². The number of nitrogens with zero attached hydrogens (tertiary/aromatic N) is 2. The van der Waals surface area contributed by atoms with E-state index in [1.54, 1.807) is 42.5 Å². The predicted molar refractivity (Wildman–Crippen MR) is 81.4 cm³/mol. The molecule has 0 spiro atoms. The molecule has 0 heterocycles. The second-order valence-corrected chi connectivity index (χ2v) is 4.46. The number of hydrogen-bond donors (Lipinski definition) is 2. The maximum atomic E-state index is 10.9. The highest BCUT2D eigenvalue weighted by Gasteiger charge is 2.05. The van der Waals surface area contributed by atoms with Crippen molar-refractivity contribution in [3.8, 4) is 0 Å². The van der Waals surface area contributed by atoms with Gasteiger partial charge in [-0.25, -0.2) is 0 Å². The number of ether oxygens (including phenoxy) is 1. The van der Waals surface area contributed by atoms with Crippen molar-refractivity contribution >= 4 is 28.7 Å². The van der Waals surface area contributed by atoms with E-state index in [2.05, 4.69) is 10.2 Å². The molecule has 0 aromatic heterocycles. The monoisotopic (exact) mass is 284 g/mol. The molecule has 2 rings (SSSR count). The van der Waals surface area contributed by atoms with Crippen LogP contribution in [0.25, 0.3) is 0 Å². The van der Waals surface area contributed by atoms with Crippen molar-refractivity contribution in [2.75, 3.05) is 11.5 Å². The Morgan fingerprint density at radius 3 is 2.38 bits per heavy atom. The van der Waals surface area contributed by atoms with Crippen molar-refractivity contribution in [1.29, 1.82) is 0 Å². The summed E-state index contributed by atoms with van der Waals surface area (Å²) in [6.07, 6.45) is 0. The topological polar surface area (TPSA) is 103 Å². The molecule has 0 aliphatic heterocycles. The zero-order chi connectivity index (χ0) is 15.2. The molecule has 6 nitrogen and oxygen atoms in total. The SMILES string of the molecule is CC(=O)OCc1cc(N)ccc1N=Nc1ccc(N)cc1. The lowest BCUT2D eigenvalue weighted by molar-refractivity contribution is -0.142. The predicted octanol–water partition coefficient (Wildman–Crippen LogP) is 3.33. The van der Waals surface area contributed by atoms with Gasteiger partial charge in [0.15, 0.2) is 0 Å². The fraction of sp³-hybridized carbons (Fsp3) is 0.133. The molecule has 0 saturated heterocycles. The minimum atomic E-state index is -0.362. The standard InChI is InChI=1S/C15H16N4O2/c1-10(20)21-9-11-8-13(17)4-7-15(11)19-18-14-5-2-12(16)3-6-14/h2-8H,9,16-17H2,1H3. The van der Waals surface area contributed by atoms with Crippen molar-refractivity contribution < 1.29 is 9.53 Å². The molecular weight excluding hydrogens is 268 g/mol. The molecule has 0 bridgehead atoms. The fourth-order valence-corrected chi connectivity index (χ4v) is 1.65. The minimum Gasteiger partial charge on any atom is -0.461 e. The van der Waals surface area contributed by atoms with E-state index < -0.39 is 0 Å². The summed E-state index contributed by atoms with van der Waals surface area (Å²) in [6.45, 7) is 1.46. The van der Waals surface area contributed by atoms with Crippen LogP contribution in [-0.2, 0) is 16.1 Å². The Labute approximate surface area is 122 Å². The van der Waals surface area contributed by atoms with E-state index >= 15 is 0 Å². The first-order chi connectivity index (χ1) is 10.0. The van der Waals surface area contributed by atoms with Crippen molar-refractivity contribution in [2.24, 2.45) is 10.2 Å².